The molecule has 1 saturated heterocycles. The standard InChI is InChI=1S/C17H26N4O2/c1-13-5-6-16(23-13)17-14(11-19-20-17)10-18-12-15-4-3-7-21(15)8-9-22-2/h5-6,11,15,18H,3-4,7-10,12H2,1-2H3,(H,19,20). The van der Waals surface area contributed by atoms with Gasteiger partial charge < -0.3 is 14.5 Å². The number of hydrogen-bond acceptors (Lipinski definition) is 5. The molecule has 6 nitrogen and oxygen atoms in total. The van der Waals surface area contributed by atoms with Crippen LogP contribution in [-0.2, 0) is 11.3 Å². The van der Waals surface area contributed by atoms with Gasteiger partial charge in [0.15, 0.2) is 5.76 Å². The molecular weight excluding hydrogens is 292 g/mol. The van der Waals surface area contributed by atoms with Gasteiger partial charge in [-0.2, -0.15) is 5.10 Å². The summed E-state index contributed by atoms with van der Waals surface area (Å²) < 4.78 is 10.9. The molecule has 0 amide bonds. The average Bonchev–Trinajstić information content (AvgIpc) is 3.26. The number of ether oxygens (including phenoxy) is 1. The van der Waals surface area contributed by atoms with Crippen molar-refractivity contribution in [3.63, 3.8) is 0 Å². The number of hydrogen-bond donors (Lipinski definition) is 2. The first kappa shape index (κ1) is 16.2. The van der Waals surface area contributed by atoms with Gasteiger partial charge in [-0.25, -0.2) is 0 Å². The minimum Gasteiger partial charge on any atom is -0.460 e. The highest BCUT2D eigenvalue weighted by atomic mass is 16.5. The Morgan fingerprint density at radius 1 is 1.48 bits per heavy atom. The molecule has 126 valence electrons. The van der Waals surface area contributed by atoms with Crippen molar-refractivity contribution in [1.82, 2.24) is 20.4 Å². The van der Waals surface area contributed by atoms with E-state index in [4.69, 9.17) is 9.15 Å². The number of H-pyrrole nitrogens is 1. The summed E-state index contributed by atoms with van der Waals surface area (Å²) in [4.78, 5) is 2.52. The number of nitrogens with one attached hydrogen (secondary N) is 2. The van der Waals surface area contributed by atoms with Crippen LogP contribution in [0, 0.1) is 6.92 Å². The Bertz CT molecular complexity index is 607. The van der Waals surface area contributed by atoms with Crippen molar-refractivity contribution in [1.29, 1.82) is 0 Å². The van der Waals surface area contributed by atoms with Crippen LogP contribution in [0.4, 0.5) is 0 Å². The molecule has 2 N–H and O–H groups in total. The molecule has 0 bridgehead atoms. The fraction of sp³-hybridized carbons (Fsp3) is 0.588. The number of aromatic amines is 1. The molecule has 1 aliphatic rings. The van der Waals surface area contributed by atoms with Crippen LogP contribution in [-0.4, -0.2) is 54.5 Å². The van der Waals surface area contributed by atoms with E-state index in [0.717, 1.165) is 49.0 Å². The second-order valence-corrected chi connectivity index (χ2v) is 6.14. The van der Waals surface area contributed by atoms with Gasteiger partial charge in [0.05, 0.1) is 12.8 Å². The molecule has 6 heteroatoms. The summed E-state index contributed by atoms with van der Waals surface area (Å²) in [5.74, 6) is 1.76. The van der Waals surface area contributed by atoms with Crippen LogP contribution in [0.3, 0.4) is 0 Å². The first-order valence-electron chi connectivity index (χ1n) is 8.30. The van der Waals surface area contributed by atoms with E-state index in [1.807, 2.05) is 25.3 Å². The molecule has 0 aromatic carbocycles. The maximum Gasteiger partial charge on any atom is 0.152 e. The lowest BCUT2D eigenvalue weighted by molar-refractivity contribution is 0.140. The molecule has 1 atom stereocenters. The van der Waals surface area contributed by atoms with Gasteiger partial charge in [0.2, 0.25) is 0 Å². The van der Waals surface area contributed by atoms with E-state index in [9.17, 15) is 0 Å². The van der Waals surface area contributed by atoms with Gasteiger partial charge in [-0.05, 0) is 38.4 Å². The Morgan fingerprint density at radius 2 is 2.39 bits per heavy atom. The van der Waals surface area contributed by atoms with Crippen molar-refractivity contribution in [2.45, 2.75) is 32.4 Å². The maximum atomic E-state index is 5.69. The number of aryl methyl sites for hydroxylation is 1. The van der Waals surface area contributed by atoms with Gasteiger partial charge in [-0.3, -0.25) is 10.00 Å². The summed E-state index contributed by atoms with van der Waals surface area (Å²) in [6.07, 6.45) is 4.41. The van der Waals surface area contributed by atoms with Crippen molar-refractivity contribution in [2.75, 3.05) is 33.4 Å². The topological polar surface area (TPSA) is 66.3 Å². The smallest absolute Gasteiger partial charge is 0.152 e. The Kier molecular flexibility index (Phi) is 5.48. The highest BCUT2D eigenvalue weighted by Crippen LogP contribution is 2.23. The second-order valence-electron chi connectivity index (χ2n) is 6.14. The third-order valence-corrected chi connectivity index (χ3v) is 4.48. The number of aromatic nitrogens is 2. The van der Waals surface area contributed by atoms with Crippen LogP contribution in [0.2, 0.25) is 0 Å². The fourth-order valence-corrected chi connectivity index (χ4v) is 3.23. The predicted octanol–water partition coefficient (Wildman–Crippen LogP) is 2.18. The molecule has 1 aliphatic heterocycles. The van der Waals surface area contributed by atoms with Gasteiger partial charge in [-0.15, -0.1) is 0 Å². The summed E-state index contributed by atoms with van der Waals surface area (Å²) in [5.41, 5.74) is 2.11. The van der Waals surface area contributed by atoms with E-state index in [1.165, 1.54) is 19.4 Å². The van der Waals surface area contributed by atoms with Crippen LogP contribution in [0.25, 0.3) is 11.5 Å². The lowest BCUT2D eigenvalue weighted by Crippen LogP contribution is -2.39. The Labute approximate surface area is 137 Å². The third-order valence-electron chi connectivity index (χ3n) is 4.48. The van der Waals surface area contributed by atoms with E-state index >= 15 is 0 Å². The zero-order valence-electron chi connectivity index (χ0n) is 14.0. The normalized spacial score (nSPS) is 18.8. The number of rotatable bonds is 8. The second kappa shape index (κ2) is 7.77. The molecule has 3 heterocycles. The molecule has 0 spiro atoms. The molecule has 1 unspecified atom stereocenters. The minimum atomic E-state index is 0.603. The molecular formula is C17H26N4O2. The lowest BCUT2D eigenvalue weighted by Gasteiger charge is -2.24. The molecule has 0 aliphatic carbocycles. The van der Waals surface area contributed by atoms with Crippen molar-refractivity contribution in [3.05, 3.63) is 29.7 Å². The van der Waals surface area contributed by atoms with Crippen molar-refractivity contribution >= 4 is 0 Å². The largest absolute Gasteiger partial charge is 0.460 e. The van der Waals surface area contributed by atoms with Gasteiger partial charge in [0.1, 0.15) is 11.5 Å². The maximum absolute atomic E-state index is 5.69. The number of furan rings is 1. The van der Waals surface area contributed by atoms with Gasteiger partial charge >= 0.3 is 0 Å². The summed E-state index contributed by atoms with van der Waals surface area (Å²) in [6.45, 7) is 6.74. The highest BCUT2D eigenvalue weighted by Gasteiger charge is 2.23. The van der Waals surface area contributed by atoms with Crippen LogP contribution < -0.4 is 5.32 Å². The van der Waals surface area contributed by atoms with E-state index in [1.54, 1.807) is 7.11 Å². The summed E-state index contributed by atoms with van der Waals surface area (Å²) in [5, 5.41) is 10.8. The Morgan fingerprint density at radius 3 is 3.17 bits per heavy atom. The first-order chi connectivity index (χ1) is 11.3. The fourth-order valence-electron chi connectivity index (χ4n) is 3.23. The Hall–Kier alpha value is -1.63. The van der Waals surface area contributed by atoms with Gasteiger partial charge in [-0.1, -0.05) is 0 Å². The molecule has 23 heavy (non-hydrogen) atoms. The SMILES string of the molecule is COCCN1CCCC1CNCc1cn[nH]c1-c1ccc(C)o1. The molecule has 3 rings (SSSR count). The highest BCUT2D eigenvalue weighted by molar-refractivity contribution is 5.56. The third kappa shape index (κ3) is 4.02. The zero-order valence-corrected chi connectivity index (χ0v) is 14.0. The number of nitrogens with zero attached hydrogens (tertiary/aromatic N) is 2. The van der Waals surface area contributed by atoms with E-state index in [2.05, 4.69) is 20.4 Å². The van der Waals surface area contributed by atoms with E-state index < -0.39 is 0 Å². The van der Waals surface area contributed by atoms with Gasteiger partial charge in [0, 0.05) is 38.3 Å². The number of likely N-dealkylation sites (tertiary alicyclic amines) is 1. The molecule has 0 radical (unpaired) electrons. The number of methoxy groups -OCH3 is 1. The van der Waals surface area contributed by atoms with Crippen molar-refractivity contribution in [3.8, 4) is 11.5 Å². The van der Waals surface area contributed by atoms with Crippen LogP contribution in [0.15, 0.2) is 22.7 Å². The minimum absolute atomic E-state index is 0.603. The first-order valence-corrected chi connectivity index (χ1v) is 8.30. The van der Waals surface area contributed by atoms with Crippen molar-refractivity contribution in [2.24, 2.45) is 0 Å². The van der Waals surface area contributed by atoms with E-state index in [-0.39, 0.29) is 0 Å². The summed E-state index contributed by atoms with van der Waals surface area (Å²) in [7, 11) is 1.76. The predicted molar refractivity (Wildman–Crippen MR) is 89.2 cm³/mol. The molecule has 2 aromatic heterocycles. The van der Waals surface area contributed by atoms with Gasteiger partial charge in [0.25, 0.3) is 0 Å². The van der Waals surface area contributed by atoms with E-state index in [0.29, 0.717) is 6.04 Å². The summed E-state index contributed by atoms with van der Waals surface area (Å²) in [6, 6.07) is 4.56. The lowest BCUT2D eigenvalue weighted by atomic mass is 10.2. The quantitative estimate of drug-likeness (QED) is 0.781. The van der Waals surface area contributed by atoms with Crippen LogP contribution in [0.5, 0.6) is 0 Å². The average molecular weight is 318 g/mol. The monoisotopic (exact) mass is 318 g/mol. The molecule has 2 aromatic rings. The Balaban J connectivity index is 1.52. The van der Waals surface area contributed by atoms with Crippen LogP contribution in [0.1, 0.15) is 24.2 Å². The van der Waals surface area contributed by atoms with Crippen molar-refractivity contribution < 1.29 is 9.15 Å². The van der Waals surface area contributed by atoms with Crippen LogP contribution >= 0.6 is 0 Å². The summed E-state index contributed by atoms with van der Waals surface area (Å²) >= 11 is 0. The molecule has 1 fully saturated rings. The zero-order chi connectivity index (χ0) is 16.1. The molecule has 0 saturated carbocycles.